The number of benzene rings is 1. The van der Waals surface area contributed by atoms with Crippen LogP contribution in [0.25, 0.3) is 4.72 Å². The lowest BCUT2D eigenvalue weighted by Gasteiger charge is -2.20. The Morgan fingerprint density at radius 3 is 2.31 bits per heavy atom. The van der Waals surface area contributed by atoms with Gasteiger partial charge in [-0.2, -0.15) is 25.1 Å². The maximum Gasteiger partial charge on any atom is 0.423 e. The number of nitrogens with zero attached hydrogens (tertiary/aromatic N) is 1. The SMILES string of the molecule is FC(F)(F)S[N-]Cc1ccccc1. The second-order valence-electron chi connectivity index (χ2n) is 2.31. The van der Waals surface area contributed by atoms with Crippen LogP contribution in [0.15, 0.2) is 30.3 Å². The van der Waals surface area contributed by atoms with Crippen molar-refractivity contribution in [3.8, 4) is 0 Å². The van der Waals surface area contributed by atoms with E-state index < -0.39 is 5.51 Å². The number of halogens is 3. The van der Waals surface area contributed by atoms with Gasteiger partial charge in [-0.05, 0) is 0 Å². The van der Waals surface area contributed by atoms with Gasteiger partial charge in [-0.15, -0.1) is 6.54 Å². The van der Waals surface area contributed by atoms with Crippen molar-refractivity contribution in [2.75, 3.05) is 0 Å². The lowest BCUT2D eigenvalue weighted by molar-refractivity contribution is -0.0322. The lowest BCUT2D eigenvalue weighted by atomic mass is 10.2. The maximum atomic E-state index is 11.6. The van der Waals surface area contributed by atoms with E-state index in [4.69, 9.17) is 0 Å². The molecule has 0 aliphatic heterocycles. The monoisotopic (exact) mass is 206 g/mol. The molecule has 0 aliphatic rings. The van der Waals surface area contributed by atoms with Crippen LogP contribution in [0, 0.1) is 0 Å². The number of alkyl halides is 3. The molecule has 0 saturated carbocycles. The number of hydrogen-bond donors (Lipinski definition) is 0. The molecule has 1 nitrogen and oxygen atoms in total. The highest BCUT2D eigenvalue weighted by Gasteiger charge is 2.21. The van der Waals surface area contributed by atoms with Gasteiger partial charge in [0.2, 0.25) is 0 Å². The van der Waals surface area contributed by atoms with E-state index in [0.29, 0.717) is 0 Å². The van der Waals surface area contributed by atoms with Crippen LogP contribution < -0.4 is 0 Å². The van der Waals surface area contributed by atoms with Gasteiger partial charge in [-0.25, -0.2) is 0 Å². The van der Waals surface area contributed by atoms with Crippen molar-refractivity contribution >= 4 is 11.9 Å². The Labute approximate surface area is 78.5 Å². The van der Waals surface area contributed by atoms with E-state index in [1.807, 2.05) is 0 Å². The van der Waals surface area contributed by atoms with Gasteiger partial charge in [0, 0.05) is 0 Å². The predicted octanol–water partition coefficient (Wildman–Crippen LogP) is 3.73. The van der Waals surface area contributed by atoms with Crippen LogP contribution in [-0.4, -0.2) is 5.51 Å². The summed E-state index contributed by atoms with van der Waals surface area (Å²) in [5.74, 6) is 0. The van der Waals surface area contributed by atoms with E-state index in [1.165, 1.54) is 0 Å². The highest BCUT2D eigenvalue weighted by atomic mass is 32.2. The van der Waals surface area contributed by atoms with Crippen LogP contribution in [-0.2, 0) is 6.54 Å². The van der Waals surface area contributed by atoms with E-state index in [9.17, 15) is 13.2 Å². The molecule has 1 aromatic carbocycles. The molecular formula is C8H7F3NS-. The molecule has 0 unspecified atom stereocenters. The van der Waals surface area contributed by atoms with Gasteiger partial charge in [0.05, 0.1) is 0 Å². The van der Waals surface area contributed by atoms with Crippen molar-refractivity contribution in [3.05, 3.63) is 40.6 Å². The summed E-state index contributed by atoms with van der Waals surface area (Å²) in [4.78, 5) is 0. The van der Waals surface area contributed by atoms with Gasteiger partial charge >= 0.3 is 5.51 Å². The van der Waals surface area contributed by atoms with Crippen LogP contribution >= 0.6 is 11.9 Å². The van der Waals surface area contributed by atoms with Gasteiger partial charge in [0.25, 0.3) is 0 Å². The average Bonchev–Trinajstić information content (AvgIpc) is 2.04. The zero-order chi connectivity index (χ0) is 9.73. The van der Waals surface area contributed by atoms with E-state index in [1.54, 1.807) is 30.3 Å². The van der Waals surface area contributed by atoms with Crippen molar-refractivity contribution in [1.29, 1.82) is 0 Å². The number of hydrogen-bond acceptors (Lipinski definition) is 1. The minimum atomic E-state index is -4.27. The van der Waals surface area contributed by atoms with Gasteiger partial charge < -0.3 is 4.72 Å². The third-order valence-corrected chi connectivity index (χ3v) is 1.72. The smallest absolute Gasteiger partial charge is 0.423 e. The molecule has 0 N–H and O–H groups in total. The maximum absolute atomic E-state index is 11.6. The molecule has 0 aliphatic carbocycles. The summed E-state index contributed by atoms with van der Waals surface area (Å²) < 4.78 is 38.2. The summed E-state index contributed by atoms with van der Waals surface area (Å²) in [7, 11) is 0. The fourth-order valence-corrected chi connectivity index (χ4v) is 1.12. The molecule has 1 rings (SSSR count). The van der Waals surface area contributed by atoms with Crippen molar-refractivity contribution in [3.63, 3.8) is 0 Å². The van der Waals surface area contributed by atoms with Crippen LogP contribution in [0.1, 0.15) is 5.56 Å². The van der Waals surface area contributed by atoms with E-state index in [0.717, 1.165) is 5.56 Å². The molecule has 0 fully saturated rings. The Bertz CT molecular complexity index is 247. The molecular weight excluding hydrogens is 199 g/mol. The predicted molar refractivity (Wildman–Crippen MR) is 47.2 cm³/mol. The second kappa shape index (κ2) is 4.53. The molecule has 0 heterocycles. The third-order valence-electron chi connectivity index (χ3n) is 1.26. The minimum absolute atomic E-state index is 0.0883. The largest absolute Gasteiger partial charge is 0.595 e. The molecule has 0 radical (unpaired) electrons. The molecule has 0 saturated heterocycles. The normalized spacial score (nSPS) is 11.6. The molecule has 13 heavy (non-hydrogen) atoms. The van der Waals surface area contributed by atoms with Crippen molar-refractivity contribution in [1.82, 2.24) is 0 Å². The molecule has 0 atom stereocenters. The van der Waals surface area contributed by atoms with Crippen molar-refractivity contribution in [2.24, 2.45) is 0 Å². The Morgan fingerprint density at radius 1 is 1.15 bits per heavy atom. The van der Waals surface area contributed by atoms with Crippen LogP contribution in [0.2, 0.25) is 0 Å². The lowest BCUT2D eigenvalue weighted by Crippen LogP contribution is -1.98. The average molecular weight is 206 g/mol. The van der Waals surface area contributed by atoms with Crippen LogP contribution in [0.3, 0.4) is 0 Å². The van der Waals surface area contributed by atoms with Crippen molar-refractivity contribution < 1.29 is 13.2 Å². The summed E-state index contributed by atoms with van der Waals surface area (Å²) in [6, 6.07) is 8.81. The Morgan fingerprint density at radius 2 is 1.77 bits per heavy atom. The zero-order valence-corrected chi connectivity index (χ0v) is 7.40. The Balaban J connectivity index is 2.29. The zero-order valence-electron chi connectivity index (χ0n) is 6.58. The second-order valence-corrected chi connectivity index (χ2v) is 3.21. The molecule has 1 aromatic rings. The van der Waals surface area contributed by atoms with Gasteiger partial charge in [0.1, 0.15) is 0 Å². The molecule has 0 amide bonds. The molecule has 5 heteroatoms. The molecule has 0 aromatic heterocycles. The van der Waals surface area contributed by atoms with E-state index in [-0.39, 0.29) is 18.5 Å². The first-order chi connectivity index (χ1) is 6.08. The first kappa shape index (κ1) is 10.4. The third kappa shape index (κ3) is 4.80. The molecule has 72 valence electrons. The van der Waals surface area contributed by atoms with E-state index in [2.05, 4.69) is 4.72 Å². The summed E-state index contributed by atoms with van der Waals surface area (Å²) in [5.41, 5.74) is -3.49. The molecule has 0 bridgehead atoms. The number of rotatable bonds is 3. The highest BCUT2D eigenvalue weighted by Crippen LogP contribution is 2.35. The van der Waals surface area contributed by atoms with Gasteiger partial charge in [-0.3, -0.25) is 0 Å². The summed E-state index contributed by atoms with van der Waals surface area (Å²) in [6.45, 7) is 0.0883. The fraction of sp³-hybridized carbons (Fsp3) is 0.250. The fourth-order valence-electron chi connectivity index (χ4n) is 0.763. The van der Waals surface area contributed by atoms with Crippen LogP contribution in [0.5, 0.6) is 0 Å². The standard InChI is InChI=1S/C8H7F3NS/c9-8(10,11)13-12-6-7-4-2-1-3-5-7/h1-5H,6H2/q-1. The minimum Gasteiger partial charge on any atom is -0.595 e. The highest BCUT2D eigenvalue weighted by molar-refractivity contribution is 8.02. The summed E-state index contributed by atoms with van der Waals surface area (Å²) in [6.07, 6.45) is 0. The summed E-state index contributed by atoms with van der Waals surface area (Å²) >= 11 is -0.347. The molecule has 0 spiro atoms. The van der Waals surface area contributed by atoms with Gasteiger partial charge in [-0.1, -0.05) is 35.9 Å². The Hall–Kier alpha value is -0.680. The first-order valence-electron chi connectivity index (χ1n) is 3.53. The van der Waals surface area contributed by atoms with Crippen LogP contribution in [0.4, 0.5) is 13.2 Å². The topological polar surface area (TPSA) is 14.1 Å². The summed E-state index contributed by atoms with van der Waals surface area (Å²) in [5, 5.41) is 0. The van der Waals surface area contributed by atoms with Crippen molar-refractivity contribution in [2.45, 2.75) is 12.1 Å². The quantitative estimate of drug-likeness (QED) is 0.687. The Kier molecular flexibility index (Phi) is 3.62. The van der Waals surface area contributed by atoms with E-state index >= 15 is 0 Å². The van der Waals surface area contributed by atoms with Gasteiger partial charge in [0.15, 0.2) is 0 Å². The first-order valence-corrected chi connectivity index (χ1v) is 4.31.